The van der Waals surface area contributed by atoms with Gasteiger partial charge in [-0.3, -0.25) is 0 Å². The second kappa shape index (κ2) is 4.11. The highest BCUT2D eigenvalue weighted by molar-refractivity contribution is 9.11. The lowest BCUT2D eigenvalue weighted by atomic mass is 10.1. The van der Waals surface area contributed by atoms with Crippen LogP contribution in [0.5, 0.6) is 0 Å². The van der Waals surface area contributed by atoms with Crippen LogP contribution in [0.25, 0.3) is 0 Å². The molecule has 1 fully saturated rings. The largest absolute Gasteiger partial charge is 0.310 e. The molecule has 1 heterocycles. The molecule has 1 aromatic carbocycles. The molecule has 1 aliphatic rings. The monoisotopic (exact) mass is 303 g/mol. The molecule has 0 radical (unpaired) electrons. The second-order valence-electron chi connectivity index (χ2n) is 3.31. The predicted molar refractivity (Wildman–Crippen MR) is 61.8 cm³/mol. The van der Waals surface area contributed by atoms with Crippen LogP contribution in [-0.4, -0.2) is 6.54 Å². The standard InChI is InChI=1S/C10H11Br2N/c11-7-3-4-8(9(12)6-7)10-2-1-5-13-10/h3-4,6,10,13H,1-2,5H2/t10-/m1/s1. The van der Waals surface area contributed by atoms with E-state index in [9.17, 15) is 0 Å². The summed E-state index contributed by atoms with van der Waals surface area (Å²) < 4.78 is 2.32. The molecular formula is C10H11Br2N. The van der Waals surface area contributed by atoms with Gasteiger partial charge in [-0.2, -0.15) is 0 Å². The van der Waals surface area contributed by atoms with Crippen LogP contribution in [0.1, 0.15) is 24.4 Å². The Morgan fingerprint density at radius 3 is 2.77 bits per heavy atom. The van der Waals surface area contributed by atoms with Gasteiger partial charge in [0.25, 0.3) is 0 Å². The number of halogens is 2. The first-order valence-corrected chi connectivity index (χ1v) is 6.04. The lowest BCUT2D eigenvalue weighted by Crippen LogP contribution is -2.13. The molecule has 2 rings (SSSR count). The first-order valence-electron chi connectivity index (χ1n) is 4.46. The fourth-order valence-electron chi connectivity index (χ4n) is 1.73. The molecule has 0 unspecified atom stereocenters. The predicted octanol–water partition coefficient (Wildman–Crippen LogP) is 3.64. The number of hydrogen-bond donors (Lipinski definition) is 1. The van der Waals surface area contributed by atoms with Gasteiger partial charge in [0.05, 0.1) is 0 Å². The van der Waals surface area contributed by atoms with Gasteiger partial charge in [0.1, 0.15) is 0 Å². The Kier molecular flexibility index (Phi) is 3.06. The molecule has 0 amide bonds. The quantitative estimate of drug-likeness (QED) is 0.835. The summed E-state index contributed by atoms with van der Waals surface area (Å²) in [6.07, 6.45) is 2.54. The Balaban J connectivity index is 2.29. The zero-order valence-electron chi connectivity index (χ0n) is 7.19. The average Bonchev–Trinajstić information content (AvgIpc) is 2.56. The highest BCUT2D eigenvalue weighted by atomic mass is 79.9. The third-order valence-corrected chi connectivity index (χ3v) is 3.58. The van der Waals surface area contributed by atoms with Gasteiger partial charge in [-0.05, 0) is 37.1 Å². The topological polar surface area (TPSA) is 12.0 Å². The van der Waals surface area contributed by atoms with E-state index in [2.05, 4.69) is 55.4 Å². The van der Waals surface area contributed by atoms with Gasteiger partial charge in [-0.25, -0.2) is 0 Å². The van der Waals surface area contributed by atoms with Crippen LogP contribution in [0.3, 0.4) is 0 Å². The van der Waals surface area contributed by atoms with Crippen LogP contribution in [0.2, 0.25) is 0 Å². The molecule has 3 heteroatoms. The summed E-state index contributed by atoms with van der Waals surface area (Å²) in [4.78, 5) is 0. The van der Waals surface area contributed by atoms with E-state index in [1.165, 1.54) is 22.9 Å². The Morgan fingerprint density at radius 2 is 2.15 bits per heavy atom. The van der Waals surface area contributed by atoms with Gasteiger partial charge in [0.15, 0.2) is 0 Å². The summed E-state index contributed by atoms with van der Waals surface area (Å²) in [5.74, 6) is 0. The van der Waals surface area contributed by atoms with E-state index in [1.54, 1.807) is 0 Å². The van der Waals surface area contributed by atoms with Crippen molar-refractivity contribution in [3.8, 4) is 0 Å². The Morgan fingerprint density at radius 1 is 1.31 bits per heavy atom. The average molecular weight is 305 g/mol. The third kappa shape index (κ3) is 2.14. The fraction of sp³-hybridized carbons (Fsp3) is 0.400. The van der Waals surface area contributed by atoms with Gasteiger partial charge in [-0.15, -0.1) is 0 Å². The van der Waals surface area contributed by atoms with Crippen LogP contribution in [0, 0.1) is 0 Å². The maximum absolute atomic E-state index is 3.59. The molecule has 1 atom stereocenters. The minimum absolute atomic E-state index is 0.544. The molecule has 13 heavy (non-hydrogen) atoms. The van der Waals surface area contributed by atoms with E-state index in [0.29, 0.717) is 6.04 Å². The third-order valence-electron chi connectivity index (χ3n) is 2.40. The second-order valence-corrected chi connectivity index (χ2v) is 5.08. The number of rotatable bonds is 1. The molecule has 0 bridgehead atoms. The van der Waals surface area contributed by atoms with Crippen LogP contribution < -0.4 is 5.32 Å². The molecule has 1 aliphatic heterocycles. The van der Waals surface area contributed by atoms with E-state index in [1.807, 2.05) is 0 Å². The van der Waals surface area contributed by atoms with E-state index in [0.717, 1.165) is 11.0 Å². The normalized spacial score (nSPS) is 22.2. The van der Waals surface area contributed by atoms with E-state index < -0.39 is 0 Å². The lowest BCUT2D eigenvalue weighted by molar-refractivity contribution is 0.645. The first-order chi connectivity index (χ1) is 6.27. The van der Waals surface area contributed by atoms with Crippen LogP contribution in [0.15, 0.2) is 27.1 Å². The van der Waals surface area contributed by atoms with Crippen molar-refractivity contribution < 1.29 is 0 Å². The Hall–Kier alpha value is 0.140. The van der Waals surface area contributed by atoms with Crippen molar-refractivity contribution in [3.05, 3.63) is 32.7 Å². The van der Waals surface area contributed by atoms with Crippen molar-refractivity contribution in [2.75, 3.05) is 6.54 Å². The van der Waals surface area contributed by atoms with Crippen molar-refractivity contribution in [2.24, 2.45) is 0 Å². The summed E-state index contributed by atoms with van der Waals surface area (Å²) in [6, 6.07) is 6.93. The maximum Gasteiger partial charge on any atom is 0.0331 e. The van der Waals surface area contributed by atoms with Crippen molar-refractivity contribution >= 4 is 31.9 Å². The van der Waals surface area contributed by atoms with Crippen LogP contribution in [-0.2, 0) is 0 Å². The van der Waals surface area contributed by atoms with Crippen molar-refractivity contribution in [1.29, 1.82) is 0 Å². The van der Waals surface area contributed by atoms with Gasteiger partial charge >= 0.3 is 0 Å². The summed E-state index contributed by atoms with van der Waals surface area (Å²) in [7, 11) is 0. The smallest absolute Gasteiger partial charge is 0.0331 e. The molecule has 0 aliphatic carbocycles. The van der Waals surface area contributed by atoms with E-state index in [-0.39, 0.29) is 0 Å². The molecule has 0 aromatic heterocycles. The Labute approximate surface area is 95.2 Å². The summed E-state index contributed by atoms with van der Waals surface area (Å²) in [5.41, 5.74) is 1.38. The zero-order valence-corrected chi connectivity index (χ0v) is 10.4. The number of benzene rings is 1. The van der Waals surface area contributed by atoms with Gasteiger partial charge in [0.2, 0.25) is 0 Å². The minimum atomic E-state index is 0.544. The molecule has 1 saturated heterocycles. The van der Waals surface area contributed by atoms with Gasteiger partial charge < -0.3 is 5.32 Å². The lowest BCUT2D eigenvalue weighted by Gasteiger charge is -2.12. The number of hydrogen-bond acceptors (Lipinski definition) is 1. The minimum Gasteiger partial charge on any atom is -0.310 e. The highest BCUT2D eigenvalue weighted by Crippen LogP contribution is 2.31. The number of nitrogens with one attached hydrogen (secondary N) is 1. The van der Waals surface area contributed by atoms with Crippen LogP contribution in [0.4, 0.5) is 0 Å². The zero-order chi connectivity index (χ0) is 9.26. The fourth-order valence-corrected chi connectivity index (χ4v) is 3.06. The molecule has 1 aromatic rings. The SMILES string of the molecule is Brc1ccc([C@H]2CCCN2)c(Br)c1. The first kappa shape index (κ1) is 9.69. The summed E-state index contributed by atoms with van der Waals surface area (Å²) in [5, 5.41) is 3.49. The molecule has 1 N–H and O–H groups in total. The molecule has 1 nitrogen and oxygen atoms in total. The molecule has 0 spiro atoms. The van der Waals surface area contributed by atoms with Crippen molar-refractivity contribution in [3.63, 3.8) is 0 Å². The highest BCUT2D eigenvalue weighted by Gasteiger charge is 2.17. The van der Waals surface area contributed by atoms with Gasteiger partial charge in [-0.1, -0.05) is 37.9 Å². The van der Waals surface area contributed by atoms with E-state index in [4.69, 9.17) is 0 Å². The van der Waals surface area contributed by atoms with Gasteiger partial charge in [0, 0.05) is 15.0 Å². The molecule has 70 valence electrons. The van der Waals surface area contributed by atoms with E-state index >= 15 is 0 Å². The maximum atomic E-state index is 3.59. The van der Waals surface area contributed by atoms with Crippen LogP contribution >= 0.6 is 31.9 Å². The summed E-state index contributed by atoms with van der Waals surface area (Å²) in [6.45, 7) is 1.15. The Bertz CT molecular complexity index is 306. The summed E-state index contributed by atoms with van der Waals surface area (Å²) >= 11 is 7.04. The molecular weight excluding hydrogens is 294 g/mol. The molecule has 0 saturated carbocycles. The van der Waals surface area contributed by atoms with Crippen molar-refractivity contribution in [2.45, 2.75) is 18.9 Å². The van der Waals surface area contributed by atoms with Crippen molar-refractivity contribution in [1.82, 2.24) is 5.32 Å².